The first-order valence-corrected chi connectivity index (χ1v) is 13.0. The molecule has 186 valence electrons. The minimum Gasteiger partial charge on any atom is -0.363 e. The third kappa shape index (κ3) is 6.39. The molecule has 3 aromatic carbocycles. The third-order valence-electron chi connectivity index (χ3n) is 6.99. The molecule has 5 rings (SSSR count). The van der Waals surface area contributed by atoms with Gasteiger partial charge in [-0.2, -0.15) is 0 Å². The van der Waals surface area contributed by atoms with Crippen molar-refractivity contribution in [1.29, 1.82) is 0 Å². The van der Waals surface area contributed by atoms with Gasteiger partial charge in [0.1, 0.15) is 0 Å². The van der Waals surface area contributed by atoms with Crippen LogP contribution in [0.1, 0.15) is 30.4 Å². The van der Waals surface area contributed by atoms with Gasteiger partial charge in [0.15, 0.2) is 5.82 Å². The Morgan fingerprint density at radius 2 is 1.67 bits per heavy atom. The van der Waals surface area contributed by atoms with Gasteiger partial charge in [0.25, 0.3) is 5.56 Å². The predicted octanol–water partition coefficient (Wildman–Crippen LogP) is 4.65. The van der Waals surface area contributed by atoms with E-state index in [0.717, 1.165) is 52.0 Å². The van der Waals surface area contributed by atoms with Crippen molar-refractivity contribution in [2.75, 3.05) is 25.0 Å². The average Bonchev–Trinajstić information content (AvgIpc) is 2.92. The number of hydrogen-bond donors (Lipinski definition) is 2. The van der Waals surface area contributed by atoms with Crippen LogP contribution in [0.4, 0.5) is 5.82 Å². The monoisotopic (exact) mass is 481 g/mol. The van der Waals surface area contributed by atoms with Gasteiger partial charge in [-0.3, -0.25) is 9.69 Å². The van der Waals surface area contributed by atoms with E-state index in [1.54, 1.807) is 17.0 Å². The van der Waals surface area contributed by atoms with Crippen LogP contribution in [-0.4, -0.2) is 40.1 Å². The van der Waals surface area contributed by atoms with Crippen LogP contribution in [-0.2, 0) is 19.6 Å². The number of hydrogen-bond acceptors (Lipinski definition) is 5. The van der Waals surface area contributed by atoms with Crippen LogP contribution in [0.3, 0.4) is 0 Å². The topological polar surface area (TPSA) is 62.2 Å². The second-order valence-electron chi connectivity index (χ2n) is 9.67. The predicted molar refractivity (Wildman–Crippen MR) is 147 cm³/mol. The molecular weight excluding hydrogens is 446 g/mol. The Balaban J connectivity index is 1.07. The zero-order valence-electron chi connectivity index (χ0n) is 20.8. The number of benzene rings is 3. The van der Waals surface area contributed by atoms with Crippen LogP contribution in [0.5, 0.6) is 0 Å². The van der Waals surface area contributed by atoms with Gasteiger partial charge >= 0.3 is 0 Å². The smallest absolute Gasteiger partial charge is 0.293 e. The lowest BCUT2D eigenvalue weighted by molar-refractivity contribution is 0.211. The minimum atomic E-state index is -0.0286. The van der Waals surface area contributed by atoms with Gasteiger partial charge in [-0.15, -0.1) is 0 Å². The molecule has 36 heavy (non-hydrogen) atoms. The maximum atomic E-state index is 12.9. The van der Waals surface area contributed by atoms with Crippen molar-refractivity contribution < 1.29 is 0 Å². The molecular formula is C30H35N5O. The lowest BCUT2D eigenvalue weighted by Gasteiger charge is -2.32. The molecule has 0 spiro atoms. The summed E-state index contributed by atoms with van der Waals surface area (Å²) in [6, 6.07) is 25.9. The van der Waals surface area contributed by atoms with Crippen molar-refractivity contribution in [3.05, 3.63) is 107 Å². The number of likely N-dealkylation sites (tertiary alicyclic amines) is 1. The highest BCUT2D eigenvalue weighted by Crippen LogP contribution is 2.20. The van der Waals surface area contributed by atoms with Crippen LogP contribution in [0.15, 0.2) is 90.0 Å². The highest BCUT2D eigenvalue weighted by molar-refractivity contribution is 5.82. The Hall–Kier alpha value is -3.48. The highest BCUT2D eigenvalue weighted by Gasteiger charge is 2.20. The van der Waals surface area contributed by atoms with Crippen LogP contribution < -0.4 is 16.2 Å². The second kappa shape index (κ2) is 12.0. The molecule has 1 aliphatic heterocycles. The standard InChI is InChI=1S/C30H35N5O/c36-30-29(32-16-20-35(30)17-6-15-31-22-24-7-2-1-3-8-24)33-28-13-18-34(19-14-28)23-25-11-12-26-9-4-5-10-27(26)21-25/h1-5,7-12,16,20-21,28,31H,6,13-15,17-19,22-23H2,(H,32,33). The molecule has 4 aromatic rings. The first kappa shape index (κ1) is 24.2. The first-order chi connectivity index (χ1) is 17.7. The Labute approximate surface area is 213 Å². The van der Waals surface area contributed by atoms with E-state index in [-0.39, 0.29) is 11.6 Å². The van der Waals surface area contributed by atoms with E-state index in [2.05, 4.69) is 87.2 Å². The number of piperidine rings is 1. The number of anilines is 1. The molecule has 0 radical (unpaired) electrons. The van der Waals surface area contributed by atoms with Crippen LogP contribution in [0.25, 0.3) is 10.8 Å². The van der Waals surface area contributed by atoms with E-state index < -0.39 is 0 Å². The van der Waals surface area contributed by atoms with Crippen molar-refractivity contribution in [2.24, 2.45) is 0 Å². The molecule has 0 unspecified atom stereocenters. The van der Waals surface area contributed by atoms with E-state index in [9.17, 15) is 4.79 Å². The normalized spacial score (nSPS) is 14.8. The van der Waals surface area contributed by atoms with E-state index in [1.807, 2.05) is 6.07 Å². The van der Waals surface area contributed by atoms with E-state index in [4.69, 9.17) is 0 Å². The molecule has 1 saturated heterocycles. The number of fused-ring (bicyclic) bond motifs is 1. The molecule has 2 heterocycles. The molecule has 0 amide bonds. The second-order valence-corrected chi connectivity index (χ2v) is 9.67. The molecule has 1 fully saturated rings. The summed E-state index contributed by atoms with van der Waals surface area (Å²) in [6.45, 7) is 5.38. The summed E-state index contributed by atoms with van der Waals surface area (Å²) in [4.78, 5) is 19.8. The molecule has 1 aliphatic rings. The van der Waals surface area contributed by atoms with Gasteiger partial charge < -0.3 is 15.2 Å². The van der Waals surface area contributed by atoms with Crippen molar-refractivity contribution in [2.45, 2.75) is 44.9 Å². The van der Waals surface area contributed by atoms with Crippen molar-refractivity contribution in [3.8, 4) is 0 Å². The number of rotatable bonds is 10. The zero-order chi connectivity index (χ0) is 24.6. The maximum Gasteiger partial charge on any atom is 0.293 e. The van der Waals surface area contributed by atoms with E-state index in [0.29, 0.717) is 12.4 Å². The summed E-state index contributed by atoms with van der Waals surface area (Å²) in [6.07, 6.45) is 6.43. The van der Waals surface area contributed by atoms with E-state index >= 15 is 0 Å². The number of nitrogens with one attached hydrogen (secondary N) is 2. The maximum absolute atomic E-state index is 12.9. The summed E-state index contributed by atoms with van der Waals surface area (Å²) in [7, 11) is 0. The summed E-state index contributed by atoms with van der Waals surface area (Å²) >= 11 is 0. The largest absolute Gasteiger partial charge is 0.363 e. The Morgan fingerprint density at radius 1 is 0.889 bits per heavy atom. The summed E-state index contributed by atoms with van der Waals surface area (Å²) in [5.41, 5.74) is 2.60. The molecule has 0 aliphatic carbocycles. The van der Waals surface area contributed by atoms with Gasteiger partial charge in [-0.1, -0.05) is 66.7 Å². The highest BCUT2D eigenvalue weighted by atomic mass is 16.1. The number of aromatic nitrogens is 2. The quantitative estimate of drug-likeness (QED) is 0.323. The van der Waals surface area contributed by atoms with Crippen molar-refractivity contribution >= 4 is 16.6 Å². The summed E-state index contributed by atoms with van der Waals surface area (Å²) < 4.78 is 1.77. The first-order valence-electron chi connectivity index (χ1n) is 13.0. The van der Waals surface area contributed by atoms with E-state index in [1.165, 1.54) is 21.9 Å². The van der Waals surface area contributed by atoms with Gasteiger partial charge in [-0.25, -0.2) is 4.98 Å². The van der Waals surface area contributed by atoms with Crippen LogP contribution >= 0.6 is 0 Å². The molecule has 0 saturated carbocycles. The van der Waals surface area contributed by atoms with Crippen LogP contribution in [0.2, 0.25) is 0 Å². The Bertz CT molecular complexity index is 1310. The third-order valence-corrected chi connectivity index (χ3v) is 6.99. The molecule has 6 heteroatoms. The van der Waals surface area contributed by atoms with Gasteiger partial charge in [0.2, 0.25) is 0 Å². The number of nitrogens with zero attached hydrogens (tertiary/aromatic N) is 3. The Kier molecular flexibility index (Phi) is 8.06. The summed E-state index contributed by atoms with van der Waals surface area (Å²) in [5.74, 6) is 0.475. The Morgan fingerprint density at radius 3 is 2.50 bits per heavy atom. The molecule has 2 N–H and O–H groups in total. The van der Waals surface area contributed by atoms with Gasteiger partial charge in [0.05, 0.1) is 0 Å². The lowest BCUT2D eigenvalue weighted by atomic mass is 10.0. The summed E-state index contributed by atoms with van der Waals surface area (Å²) in [5, 5.41) is 9.47. The van der Waals surface area contributed by atoms with Gasteiger partial charge in [-0.05, 0) is 53.8 Å². The van der Waals surface area contributed by atoms with Gasteiger partial charge in [0, 0.05) is 51.2 Å². The van der Waals surface area contributed by atoms with Crippen LogP contribution in [0, 0.1) is 0 Å². The molecule has 0 bridgehead atoms. The molecule has 6 nitrogen and oxygen atoms in total. The molecule has 1 aromatic heterocycles. The average molecular weight is 482 g/mol. The fraction of sp³-hybridized carbons (Fsp3) is 0.333. The minimum absolute atomic E-state index is 0.0286. The zero-order valence-corrected chi connectivity index (χ0v) is 20.8. The lowest BCUT2D eigenvalue weighted by Crippen LogP contribution is -2.40. The van der Waals surface area contributed by atoms with Crippen molar-refractivity contribution in [1.82, 2.24) is 19.8 Å². The van der Waals surface area contributed by atoms with Crippen molar-refractivity contribution in [3.63, 3.8) is 0 Å². The fourth-order valence-electron chi connectivity index (χ4n) is 4.95. The fourth-order valence-corrected chi connectivity index (χ4v) is 4.95. The molecule has 0 atom stereocenters. The SMILES string of the molecule is O=c1c(NC2CCN(Cc3ccc4ccccc4c3)CC2)nccn1CCCNCc1ccccc1. The number of aryl methyl sites for hydroxylation is 1.